The van der Waals surface area contributed by atoms with Crippen LogP contribution in [0.2, 0.25) is 0 Å². The molecule has 1 aliphatic heterocycles. The van der Waals surface area contributed by atoms with Crippen LogP contribution in [-0.4, -0.2) is 43.1 Å². The number of hydrogen-bond acceptors (Lipinski definition) is 5. The van der Waals surface area contributed by atoms with Crippen molar-refractivity contribution in [2.75, 3.05) is 36.5 Å². The normalized spacial score (nSPS) is 12.5. The summed E-state index contributed by atoms with van der Waals surface area (Å²) < 4.78 is 5.23. The number of nitrogens with one attached hydrogen (secondary N) is 1. The van der Waals surface area contributed by atoms with Crippen LogP contribution in [0.25, 0.3) is 0 Å². The van der Waals surface area contributed by atoms with Crippen LogP contribution in [0.4, 0.5) is 21.9 Å². The van der Waals surface area contributed by atoms with E-state index in [0.29, 0.717) is 25.3 Å². The van der Waals surface area contributed by atoms with Crippen molar-refractivity contribution in [2.45, 2.75) is 43.9 Å². The Balaban J connectivity index is 1.86. The number of ether oxygens (including phenoxy) is 1. The quantitative estimate of drug-likeness (QED) is 0.565. The minimum absolute atomic E-state index is 0.0421. The number of hydrogen-bond donors (Lipinski definition) is 1. The number of para-hydroxylation sites is 1. The molecule has 2 aromatic carbocycles. The van der Waals surface area contributed by atoms with E-state index in [0.717, 1.165) is 34.3 Å². The second-order valence-electron chi connectivity index (χ2n) is 7.88. The van der Waals surface area contributed by atoms with Gasteiger partial charge in [-0.15, -0.1) is 0 Å². The van der Waals surface area contributed by atoms with Gasteiger partial charge >= 0.3 is 6.09 Å². The topological polar surface area (TPSA) is 61.9 Å². The van der Waals surface area contributed by atoms with Crippen molar-refractivity contribution < 1.29 is 14.3 Å². The maximum atomic E-state index is 13.3. The largest absolute Gasteiger partial charge is 0.449 e. The third-order valence-corrected chi connectivity index (χ3v) is 6.24. The fourth-order valence-corrected chi connectivity index (χ4v) is 4.44. The monoisotopic (exact) mass is 441 g/mol. The van der Waals surface area contributed by atoms with E-state index in [9.17, 15) is 9.59 Å². The average molecular weight is 442 g/mol. The van der Waals surface area contributed by atoms with Gasteiger partial charge in [0.15, 0.2) is 0 Å². The zero-order valence-corrected chi connectivity index (χ0v) is 19.5. The van der Waals surface area contributed by atoms with Gasteiger partial charge in [-0.25, -0.2) is 4.79 Å². The highest BCUT2D eigenvalue weighted by Gasteiger charge is 2.28. The van der Waals surface area contributed by atoms with Gasteiger partial charge in [-0.1, -0.05) is 51.6 Å². The Morgan fingerprint density at radius 3 is 2.48 bits per heavy atom. The molecule has 2 aromatic rings. The lowest BCUT2D eigenvalue weighted by atomic mass is 10.2. The van der Waals surface area contributed by atoms with E-state index in [4.69, 9.17) is 4.74 Å². The first-order valence-electron chi connectivity index (χ1n) is 10.8. The summed E-state index contributed by atoms with van der Waals surface area (Å²) in [6, 6.07) is 13.6. The molecule has 0 aromatic heterocycles. The summed E-state index contributed by atoms with van der Waals surface area (Å²) in [4.78, 5) is 31.5. The average Bonchev–Trinajstić information content (AvgIpc) is 2.76. The van der Waals surface area contributed by atoms with Crippen molar-refractivity contribution in [2.24, 2.45) is 5.92 Å². The number of rotatable bonds is 8. The van der Waals surface area contributed by atoms with Crippen LogP contribution < -0.4 is 10.2 Å². The zero-order chi connectivity index (χ0) is 22.4. The van der Waals surface area contributed by atoms with Crippen molar-refractivity contribution >= 4 is 40.8 Å². The highest BCUT2D eigenvalue weighted by molar-refractivity contribution is 7.99. The summed E-state index contributed by atoms with van der Waals surface area (Å²) in [5.41, 5.74) is 2.27. The van der Waals surface area contributed by atoms with Crippen LogP contribution in [0, 0.1) is 5.92 Å². The summed E-state index contributed by atoms with van der Waals surface area (Å²) >= 11 is 1.63. The number of carbonyl (C=O) groups is 2. The molecule has 0 atom stereocenters. The van der Waals surface area contributed by atoms with Crippen LogP contribution in [-0.2, 0) is 9.53 Å². The lowest BCUT2D eigenvalue weighted by Crippen LogP contribution is -2.33. The Morgan fingerprint density at radius 2 is 1.77 bits per heavy atom. The molecule has 7 heteroatoms. The summed E-state index contributed by atoms with van der Waals surface area (Å²) in [7, 11) is 0. The van der Waals surface area contributed by atoms with Gasteiger partial charge in [-0.3, -0.25) is 15.0 Å². The predicted molar refractivity (Wildman–Crippen MR) is 126 cm³/mol. The van der Waals surface area contributed by atoms with Gasteiger partial charge in [0.05, 0.1) is 18.0 Å². The molecule has 0 unspecified atom stereocenters. The molecule has 6 nitrogen and oxygen atoms in total. The molecule has 0 radical (unpaired) electrons. The summed E-state index contributed by atoms with van der Waals surface area (Å²) in [6.07, 6.45) is -0.0642. The SMILES string of the molecule is CCN(CC)CCC(=O)N1c2ccccc2Sc2ccc(NC(=O)OCC(C)C)cc21. The smallest absolute Gasteiger partial charge is 0.411 e. The van der Waals surface area contributed by atoms with E-state index in [1.807, 2.05) is 56.3 Å². The van der Waals surface area contributed by atoms with Gasteiger partial charge in [-0.2, -0.15) is 0 Å². The van der Waals surface area contributed by atoms with Crippen LogP contribution in [0.15, 0.2) is 52.3 Å². The first-order valence-corrected chi connectivity index (χ1v) is 11.6. The molecule has 0 saturated heterocycles. The standard InChI is InChI=1S/C24H31N3O3S/c1-5-26(6-2)14-13-23(28)27-19-9-7-8-10-21(19)31-22-12-11-18(15-20(22)27)25-24(29)30-16-17(3)4/h7-12,15,17H,5-6,13-14,16H2,1-4H3,(H,25,29). The van der Waals surface area contributed by atoms with Crippen molar-refractivity contribution in [3.05, 3.63) is 42.5 Å². The molecular weight excluding hydrogens is 410 g/mol. The second kappa shape index (κ2) is 10.7. The van der Waals surface area contributed by atoms with Gasteiger partial charge < -0.3 is 9.64 Å². The van der Waals surface area contributed by atoms with Gasteiger partial charge in [0.25, 0.3) is 0 Å². The number of fused-ring (bicyclic) bond motifs is 2. The molecule has 166 valence electrons. The highest BCUT2D eigenvalue weighted by Crippen LogP contribution is 2.49. The second-order valence-corrected chi connectivity index (χ2v) is 8.96. The van der Waals surface area contributed by atoms with E-state index in [1.165, 1.54) is 0 Å². The molecule has 1 N–H and O–H groups in total. The third kappa shape index (κ3) is 5.80. The molecule has 0 bridgehead atoms. The minimum Gasteiger partial charge on any atom is -0.449 e. The number of amides is 2. The van der Waals surface area contributed by atoms with Crippen LogP contribution >= 0.6 is 11.8 Å². The van der Waals surface area contributed by atoms with Gasteiger partial charge in [0, 0.05) is 28.4 Å². The first kappa shape index (κ1) is 23.2. The fourth-order valence-electron chi connectivity index (χ4n) is 3.40. The van der Waals surface area contributed by atoms with Gasteiger partial charge in [0.1, 0.15) is 0 Å². The number of carbonyl (C=O) groups excluding carboxylic acids is 2. The summed E-state index contributed by atoms with van der Waals surface area (Å²) in [5.74, 6) is 0.307. The van der Waals surface area contributed by atoms with Crippen LogP contribution in [0.1, 0.15) is 34.1 Å². The predicted octanol–water partition coefficient (Wildman–Crippen LogP) is 5.75. The molecule has 0 aliphatic carbocycles. The van der Waals surface area contributed by atoms with E-state index in [1.54, 1.807) is 16.7 Å². The Labute approximate surface area is 188 Å². The van der Waals surface area contributed by atoms with Crippen molar-refractivity contribution in [3.63, 3.8) is 0 Å². The van der Waals surface area contributed by atoms with Crippen LogP contribution in [0.3, 0.4) is 0 Å². The molecule has 0 saturated carbocycles. The molecule has 1 aliphatic rings. The maximum absolute atomic E-state index is 13.3. The number of anilines is 3. The Bertz CT molecular complexity index is 928. The first-order chi connectivity index (χ1) is 14.9. The van der Waals surface area contributed by atoms with E-state index < -0.39 is 6.09 Å². The van der Waals surface area contributed by atoms with E-state index in [2.05, 4.69) is 24.1 Å². The highest BCUT2D eigenvalue weighted by atomic mass is 32.2. The van der Waals surface area contributed by atoms with Crippen molar-refractivity contribution in [1.82, 2.24) is 4.90 Å². The molecule has 3 rings (SSSR count). The fraction of sp³-hybridized carbons (Fsp3) is 0.417. The van der Waals surface area contributed by atoms with Crippen molar-refractivity contribution in [1.29, 1.82) is 0 Å². The van der Waals surface area contributed by atoms with E-state index >= 15 is 0 Å². The van der Waals surface area contributed by atoms with Gasteiger partial charge in [0.2, 0.25) is 5.91 Å². The van der Waals surface area contributed by atoms with E-state index in [-0.39, 0.29) is 11.8 Å². The number of nitrogens with zero attached hydrogens (tertiary/aromatic N) is 2. The molecule has 2 amide bonds. The Morgan fingerprint density at radius 1 is 1.06 bits per heavy atom. The molecular formula is C24H31N3O3S. The summed E-state index contributed by atoms with van der Waals surface area (Å²) in [5, 5.41) is 2.78. The molecule has 0 fully saturated rings. The minimum atomic E-state index is -0.489. The Kier molecular flexibility index (Phi) is 7.98. The summed E-state index contributed by atoms with van der Waals surface area (Å²) in [6.45, 7) is 11.1. The lowest BCUT2D eigenvalue weighted by Gasteiger charge is -2.32. The zero-order valence-electron chi connectivity index (χ0n) is 18.7. The van der Waals surface area contributed by atoms with Crippen LogP contribution in [0.5, 0.6) is 0 Å². The molecule has 0 spiro atoms. The number of benzene rings is 2. The maximum Gasteiger partial charge on any atom is 0.411 e. The molecule has 31 heavy (non-hydrogen) atoms. The Hall–Kier alpha value is -2.51. The lowest BCUT2D eigenvalue weighted by molar-refractivity contribution is -0.118. The third-order valence-electron chi connectivity index (χ3n) is 5.11. The molecule has 1 heterocycles. The van der Waals surface area contributed by atoms with Gasteiger partial charge in [-0.05, 0) is 49.3 Å². The van der Waals surface area contributed by atoms with Crippen molar-refractivity contribution in [3.8, 4) is 0 Å².